The van der Waals surface area contributed by atoms with E-state index in [1.54, 1.807) is 19.1 Å². The number of hydrogen-bond donors (Lipinski definition) is 1. The highest BCUT2D eigenvalue weighted by Crippen LogP contribution is 2.22. The molecule has 3 nitrogen and oxygen atoms in total. The first-order chi connectivity index (χ1) is 6.52. The summed E-state index contributed by atoms with van der Waals surface area (Å²) in [7, 11) is 0. The monoisotopic (exact) mass is 191 g/mol. The maximum Gasteiger partial charge on any atom is 0.336 e. The van der Waals surface area contributed by atoms with Crippen molar-refractivity contribution in [3.8, 4) is 0 Å². The van der Waals surface area contributed by atoms with E-state index in [0.717, 1.165) is 11.4 Å². The molecule has 0 aliphatic heterocycles. The van der Waals surface area contributed by atoms with Gasteiger partial charge in [-0.05, 0) is 38.5 Å². The zero-order valence-corrected chi connectivity index (χ0v) is 8.53. The summed E-state index contributed by atoms with van der Waals surface area (Å²) in [6, 6.07) is 5.11. The minimum absolute atomic E-state index is 0.313. The standard InChI is InChI=1S/C11H13NO2/c1-7(2)12-10-6-4-5-9(8(10)3)11(13)14/h4-6H,1-3H3,(H,13,14). The van der Waals surface area contributed by atoms with E-state index in [1.807, 2.05) is 19.9 Å². The zero-order chi connectivity index (χ0) is 10.7. The Morgan fingerprint density at radius 1 is 1.36 bits per heavy atom. The molecule has 0 aromatic heterocycles. The fraction of sp³-hybridized carbons (Fsp3) is 0.273. The molecule has 0 fully saturated rings. The Morgan fingerprint density at radius 2 is 2.00 bits per heavy atom. The first-order valence-electron chi connectivity index (χ1n) is 4.37. The minimum atomic E-state index is -0.909. The summed E-state index contributed by atoms with van der Waals surface area (Å²) < 4.78 is 0. The number of benzene rings is 1. The van der Waals surface area contributed by atoms with Crippen LogP contribution in [0.15, 0.2) is 23.2 Å². The van der Waals surface area contributed by atoms with Crippen molar-refractivity contribution in [3.05, 3.63) is 29.3 Å². The molecule has 1 rings (SSSR count). The molecule has 0 atom stereocenters. The maximum atomic E-state index is 10.8. The van der Waals surface area contributed by atoms with Crippen LogP contribution in [0.3, 0.4) is 0 Å². The van der Waals surface area contributed by atoms with Gasteiger partial charge in [0.05, 0.1) is 11.3 Å². The highest BCUT2D eigenvalue weighted by atomic mass is 16.4. The van der Waals surface area contributed by atoms with Gasteiger partial charge in [-0.3, -0.25) is 4.99 Å². The Morgan fingerprint density at radius 3 is 2.50 bits per heavy atom. The van der Waals surface area contributed by atoms with E-state index >= 15 is 0 Å². The molecular formula is C11H13NO2. The summed E-state index contributed by atoms with van der Waals surface area (Å²) >= 11 is 0. The Bertz CT molecular complexity index is 390. The van der Waals surface area contributed by atoms with E-state index in [-0.39, 0.29) is 0 Å². The van der Waals surface area contributed by atoms with Crippen LogP contribution in [0.2, 0.25) is 0 Å². The number of hydrogen-bond acceptors (Lipinski definition) is 2. The average Bonchev–Trinajstić information content (AvgIpc) is 2.07. The molecule has 0 aliphatic rings. The van der Waals surface area contributed by atoms with Crippen molar-refractivity contribution in [1.29, 1.82) is 0 Å². The van der Waals surface area contributed by atoms with Gasteiger partial charge in [0.25, 0.3) is 0 Å². The van der Waals surface area contributed by atoms with Gasteiger partial charge in [-0.25, -0.2) is 4.79 Å². The summed E-state index contributed by atoms with van der Waals surface area (Å²) in [5, 5.41) is 8.88. The Labute approximate surface area is 83.1 Å². The van der Waals surface area contributed by atoms with Gasteiger partial charge in [0, 0.05) is 5.71 Å². The Hall–Kier alpha value is -1.64. The number of carboxylic acid groups (broad SMARTS) is 1. The third kappa shape index (κ3) is 2.19. The van der Waals surface area contributed by atoms with Gasteiger partial charge in [-0.1, -0.05) is 6.07 Å². The van der Waals surface area contributed by atoms with Crippen LogP contribution in [-0.4, -0.2) is 16.8 Å². The van der Waals surface area contributed by atoms with Crippen LogP contribution < -0.4 is 0 Å². The van der Waals surface area contributed by atoms with Gasteiger partial charge >= 0.3 is 5.97 Å². The van der Waals surface area contributed by atoms with E-state index in [4.69, 9.17) is 5.11 Å². The number of carbonyl (C=O) groups is 1. The SMILES string of the molecule is CC(C)=Nc1cccc(C(=O)O)c1C. The molecule has 74 valence electrons. The summed E-state index contributed by atoms with van der Waals surface area (Å²) in [6.07, 6.45) is 0. The van der Waals surface area contributed by atoms with Gasteiger partial charge in [0.15, 0.2) is 0 Å². The molecule has 0 saturated heterocycles. The molecule has 0 bridgehead atoms. The third-order valence-electron chi connectivity index (χ3n) is 1.88. The molecule has 0 radical (unpaired) electrons. The van der Waals surface area contributed by atoms with Gasteiger partial charge in [0.2, 0.25) is 0 Å². The number of rotatable bonds is 2. The fourth-order valence-corrected chi connectivity index (χ4v) is 1.22. The Balaban J connectivity index is 3.28. The van der Waals surface area contributed by atoms with E-state index < -0.39 is 5.97 Å². The predicted octanol–water partition coefficient (Wildman–Crippen LogP) is 2.81. The van der Waals surface area contributed by atoms with E-state index in [1.165, 1.54) is 0 Å². The van der Waals surface area contributed by atoms with E-state index in [9.17, 15) is 4.79 Å². The van der Waals surface area contributed by atoms with Crippen molar-refractivity contribution in [2.45, 2.75) is 20.8 Å². The average molecular weight is 191 g/mol. The van der Waals surface area contributed by atoms with Crippen molar-refractivity contribution in [2.24, 2.45) is 4.99 Å². The molecule has 1 aromatic rings. The predicted molar refractivity (Wildman–Crippen MR) is 56.6 cm³/mol. The third-order valence-corrected chi connectivity index (χ3v) is 1.88. The molecule has 14 heavy (non-hydrogen) atoms. The van der Waals surface area contributed by atoms with Crippen molar-refractivity contribution in [3.63, 3.8) is 0 Å². The highest BCUT2D eigenvalue weighted by molar-refractivity contribution is 5.91. The molecule has 0 aliphatic carbocycles. The second-order valence-corrected chi connectivity index (χ2v) is 3.31. The van der Waals surface area contributed by atoms with Crippen molar-refractivity contribution in [2.75, 3.05) is 0 Å². The lowest BCUT2D eigenvalue weighted by atomic mass is 10.1. The molecule has 3 heteroatoms. The van der Waals surface area contributed by atoms with Crippen LogP contribution in [0.4, 0.5) is 5.69 Å². The molecule has 0 saturated carbocycles. The number of carboxylic acids is 1. The molecule has 0 unspecified atom stereocenters. The van der Waals surface area contributed by atoms with E-state index in [2.05, 4.69) is 4.99 Å². The number of aliphatic imine (C=N–C) groups is 1. The molecular weight excluding hydrogens is 178 g/mol. The van der Waals surface area contributed by atoms with Gasteiger partial charge in [-0.15, -0.1) is 0 Å². The maximum absolute atomic E-state index is 10.8. The summed E-state index contributed by atoms with van der Waals surface area (Å²) in [5.41, 5.74) is 2.66. The summed E-state index contributed by atoms with van der Waals surface area (Å²) in [5.74, 6) is -0.909. The van der Waals surface area contributed by atoms with Crippen LogP contribution in [0, 0.1) is 6.92 Å². The lowest BCUT2D eigenvalue weighted by Crippen LogP contribution is -1.99. The van der Waals surface area contributed by atoms with Crippen LogP contribution in [0.5, 0.6) is 0 Å². The van der Waals surface area contributed by atoms with Crippen molar-refractivity contribution < 1.29 is 9.90 Å². The normalized spacial score (nSPS) is 9.64. The van der Waals surface area contributed by atoms with Crippen molar-refractivity contribution >= 4 is 17.4 Å². The topological polar surface area (TPSA) is 49.7 Å². The van der Waals surface area contributed by atoms with Gasteiger partial charge < -0.3 is 5.11 Å². The molecule has 0 heterocycles. The smallest absolute Gasteiger partial charge is 0.336 e. The van der Waals surface area contributed by atoms with E-state index in [0.29, 0.717) is 11.1 Å². The van der Waals surface area contributed by atoms with Crippen LogP contribution in [0.25, 0.3) is 0 Å². The van der Waals surface area contributed by atoms with Crippen molar-refractivity contribution in [1.82, 2.24) is 0 Å². The number of aromatic carboxylic acids is 1. The molecule has 0 amide bonds. The molecule has 0 spiro atoms. The first-order valence-corrected chi connectivity index (χ1v) is 4.37. The second kappa shape index (κ2) is 4.05. The number of nitrogens with zero attached hydrogens (tertiary/aromatic N) is 1. The zero-order valence-electron chi connectivity index (χ0n) is 8.53. The lowest BCUT2D eigenvalue weighted by Gasteiger charge is -2.04. The quantitative estimate of drug-likeness (QED) is 0.731. The second-order valence-electron chi connectivity index (χ2n) is 3.31. The van der Waals surface area contributed by atoms with Gasteiger partial charge in [0.1, 0.15) is 0 Å². The van der Waals surface area contributed by atoms with Crippen LogP contribution in [0.1, 0.15) is 29.8 Å². The summed E-state index contributed by atoms with van der Waals surface area (Å²) in [6.45, 7) is 5.53. The summed E-state index contributed by atoms with van der Waals surface area (Å²) in [4.78, 5) is 15.1. The lowest BCUT2D eigenvalue weighted by molar-refractivity contribution is 0.0696. The molecule has 1 aromatic carbocycles. The largest absolute Gasteiger partial charge is 0.478 e. The fourth-order valence-electron chi connectivity index (χ4n) is 1.22. The highest BCUT2D eigenvalue weighted by Gasteiger charge is 2.08. The molecule has 1 N–H and O–H groups in total. The minimum Gasteiger partial charge on any atom is -0.478 e. The van der Waals surface area contributed by atoms with Crippen LogP contribution in [-0.2, 0) is 0 Å². The van der Waals surface area contributed by atoms with Gasteiger partial charge in [-0.2, -0.15) is 0 Å². The Kier molecular flexibility index (Phi) is 3.02. The first kappa shape index (κ1) is 10.4. The van der Waals surface area contributed by atoms with Crippen LogP contribution >= 0.6 is 0 Å².